The molecule has 0 aliphatic heterocycles. The van der Waals surface area contributed by atoms with Crippen LogP contribution in [0.25, 0.3) is 0 Å². The first-order chi connectivity index (χ1) is 4.31. The molecule has 0 amide bonds. The fourth-order valence-electron chi connectivity index (χ4n) is 0.578. The molecular weight excluding hydrogens is 157 g/mol. The summed E-state index contributed by atoms with van der Waals surface area (Å²) in [6.45, 7) is 0.573. The van der Waals surface area contributed by atoms with E-state index in [2.05, 4.69) is 0 Å². The third-order valence-electron chi connectivity index (χ3n) is 1.16. The molecule has 0 aromatic rings. The molecule has 1 unspecified atom stereocenters. The van der Waals surface area contributed by atoms with Crippen LogP contribution in [0.15, 0.2) is 0 Å². The minimum atomic E-state index is 0.146. The lowest BCUT2D eigenvalue weighted by molar-refractivity contribution is 0.683. The molecule has 0 saturated heterocycles. The van der Waals surface area contributed by atoms with Gasteiger partial charge in [-0.1, -0.05) is 6.42 Å². The summed E-state index contributed by atoms with van der Waals surface area (Å²) in [5.41, 5.74) is 5.29. The maximum absolute atomic E-state index is 5.73. The van der Waals surface area contributed by atoms with E-state index < -0.39 is 0 Å². The van der Waals surface area contributed by atoms with Crippen LogP contribution in [0.5, 0.6) is 0 Å². The minimum Gasteiger partial charge on any atom is -0.329 e. The topological polar surface area (TPSA) is 26.0 Å². The number of hydrogen-bond acceptors (Lipinski definition) is 1. The van der Waals surface area contributed by atoms with Gasteiger partial charge in [0.1, 0.15) is 0 Å². The smallest absolute Gasteiger partial charge is 0.0458 e. The first kappa shape index (κ1) is 9.54. The fraction of sp³-hybridized carbons (Fsp3) is 1.00. The van der Waals surface area contributed by atoms with Crippen LogP contribution in [0.1, 0.15) is 19.3 Å². The molecule has 1 atom stereocenters. The molecule has 0 rings (SSSR count). The standard InChI is InChI=1S/C6H13Cl2N/c7-4-2-1-3-6(8)5-9/h6H,1-5,9H2. The molecule has 0 aromatic carbocycles. The van der Waals surface area contributed by atoms with E-state index in [-0.39, 0.29) is 5.38 Å². The molecule has 2 N–H and O–H groups in total. The normalized spacial score (nSPS) is 13.7. The van der Waals surface area contributed by atoms with E-state index in [4.69, 9.17) is 28.9 Å². The molecule has 0 radical (unpaired) electrons. The van der Waals surface area contributed by atoms with Crippen molar-refractivity contribution in [3.63, 3.8) is 0 Å². The van der Waals surface area contributed by atoms with E-state index in [9.17, 15) is 0 Å². The van der Waals surface area contributed by atoms with Crippen LogP contribution in [0.4, 0.5) is 0 Å². The van der Waals surface area contributed by atoms with Crippen molar-refractivity contribution in [2.45, 2.75) is 24.6 Å². The zero-order valence-electron chi connectivity index (χ0n) is 5.45. The van der Waals surface area contributed by atoms with Crippen LogP contribution in [-0.4, -0.2) is 17.8 Å². The molecular formula is C6H13Cl2N. The summed E-state index contributed by atoms with van der Waals surface area (Å²) in [6.07, 6.45) is 3.13. The Kier molecular flexibility index (Phi) is 7.06. The van der Waals surface area contributed by atoms with Crippen molar-refractivity contribution in [2.75, 3.05) is 12.4 Å². The van der Waals surface area contributed by atoms with Gasteiger partial charge in [-0.3, -0.25) is 0 Å². The molecule has 0 aliphatic rings. The van der Waals surface area contributed by atoms with Crippen LogP contribution in [0.2, 0.25) is 0 Å². The summed E-state index contributed by atoms with van der Waals surface area (Å²) in [6, 6.07) is 0. The van der Waals surface area contributed by atoms with Crippen LogP contribution in [0.3, 0.4) is 0 Å². The number of halogens is 2. The van der Waals surface area contributed by atoms with Gasteiger partial charge in [-0.2, -0.15) is 0 Å². The van der Waals surface area contributed by atoms with Gasteiger partial charge in [0.25, 0.3) is 0 Å². The molecule has 0 fully saturated rings. The third kappa shape index (κ3) is 6.42. The second-order valence-corrected chi connectivity index (χ2v) is 3.01. The molecule has 0 spiro atoms. The van der Waals surface area contributed by atoms with Crippen molar-refractivity contribution in [1.29, 1.82) is 0 Å². The number of unbranched alkanes of at least 4 members (excludes halogenated alkanes) is 1. The van der Waals surface area contributed by atoms with Crippen molar-refractivity contribution < 1.29 is 0 Å². The highest BCUT2D eigenvalue weighted by Crippen LogP contribution is 2.05. The number of alkyl halides is 2. The summed E-state index contributed by atoms with van der Waals surface area (Å²) in [7, 11) is 0. The zero-order chi connectivity index (χ0) is 7.11. The highest BCUT2D eigenvalue weighted by atomic mass is 35.5. The lowest BCUT2D eigenvalue weighted by atomic mass is 10.2. The molecule has 9 heavy (non-hydrogen) atoms. The number of hydrogen-bond donors (Lipinski definition) is 1. The van der Waals surface area contributed by atoms with Crippen LogP contribution < -0.4 is 5.73 Å². The Morgan fingerprint density at radius 1 is 1.33 bits per heavy atom. The number of rotatable bonds is 5. The lowest BCUT2D eigenvalue weighted by Gasteiger charge is -2.02. The predicted octanol–water partition coefficient (Wildman–Crippen LogP) is 1.96. The largest absolute Gasteiger partial charge is 0.329 e. The Morgan fingerprint density at radius 3 is 2.44 bits per heavy atom. The predicted molar refractivity (Wildman–Crippen MR) is 43.3 cm³/mol. The van der Waals surface area contributed by atoms with Crippen molar-refractivity contribution in [2.24, 2.45) is 5.73 Å². The van der Waals surface area contributed by atoms with Crippen LogP contribution in [-0.2, 0) is 0 Å². The average molecular weight is 170 g/mol. The quantitative estimate of drug-likeness (QED) is 0.495. The van der Waals surface area contributed by atoms with Gasteiger partial charge >= 0.3 is 0 Å². The van der Waals surface area contributed by atoms with Gasteiger partial charge in [0, 0.05) is 17.8 Å². The summed E-state index contributed by atoms with van der Waals surface area (Å²) in [4.78, 5) is 0. The second kappa shape index (κ2) is 6.66. The lowest BCUT2D eigenvalue weighted by Crippen LogP contribution is -2.13. The number of nitrogens with two attached hydrogens (primary N) is 1. The highest BCUT2D eigenvalue weighted by molar-refractivity contribution is 6.20. The fourth-order valence-corrected chi connectivity index (χ4v) is 0.921. The van der Waals surface area contributed by atoms with Gasteiger partial charge in [-0.15, -0.1) is 23.2 Å². The van der Waals surface area contributed by atoms with E-state index in [0.29, 0.717) is 6.54 Å². The van der Waals surface area contributed by atoms with Gasteiger partial charge in [0.2, 0.25) is 0 Å². The van der Waals surface area contributed by atoms with Crippen molar-refractivity contribution in [3.05, 3.63) is 0 Å². The first-order valence-electron chi connectivity index (χ1n) is 3.21. The van der Waals surface area contributed by atoms with Crippen molar-refractivity contribution in [1.82, 2.24) is 0 Å². The van der Waals surface area contributed by atoms with E-state index in [1.165, 1.54) is 0 Å². The molecule has 0 heterocycles. The molecule has 3 heteroatoms. The second-order valence-electron chi connectivity index (χ2n) is 2.02. The molecule has 0 saturated carbocycles. The molecule has 0 aliphatic carbocycles. The summed E-state index contributed by atoms with van der Waals surface area (Å²) >= 11 is 11.2. The highest BCUT2D eigenvalue weighted by Gasteiger charge is 1.98. The zero-order valence-corrected chi connectivity index (χ0v) is 6.96. The average Bonchev–Trinajstić information content (AvgIpc) is 1.89. The molecule has 0 bridgehead atoms. The van der Waals surface area contributed by atoms with Gasteiger partial charge in [-0.25, -0.2) is 0 Å². The Bertz CT molecular complexity index is 59.0. The van der Waals surface area contributed by atoms with Crippen LogP contribution >= 0.6 is 23.2 Å². The first-order valence-corrected chi connectivity index (χ1v) is 4.18. The summed E-state index contributed by atoms with van der Waals surface area (Å²) in [5, 5.41) is 0.146. The van der Waals surface area contributed by atoms with Crippen LogP contribution in [0, 0.1) is 0 Å². The molecule has 1 nitrogen and oxygen atoms in total. The van der Waals surface area contributed by atoms with Gasteiger partial charge in [-0.05, 0) is 12.8 Å². The van der Waals surface area contributed by atoms with Gasteiger partial charge in [0.15, 0.2) is 0 Å². The Labute approximate surface area is 66.5 Å². The van der Waals surface area contributed by atoms with Crippen molar-refractivity contribution >= 4 is 23.2 Å². The van der Waals surface area contributed by atoms with E-state index >= 15 is 0 Å². The Morgan fingerprint density at radius 2 is 2.00 bits per heavy atom. The maximum Gasteiger partial charge on any atom is 0.0458 e. The SMILES string of the molecule is NCC(Cl)CCCCCl. The molecule has 0 aromatic heterocycles. The van der Waals surface area contributed by atoms with E-state index in [1.54, 1.807) is 0 Å². The molecule has 56 valence electrons. The monoisotopic (exact) mass is 169 g/mol. The maximum atomic E-state index is 5.73. The summed E-state index contributed by atoms with van der Waals surface area (Å²) < 4.78 is 0. The van der Waals surface area contributed by atoms with E-state index in [0.717, 1.165) is 25.1 Å². The van der Waals surface area contributed by atoms with E-state index in [1.807, 2.05) is 0 Å². The Hall–Kier alpha value is 0.540. The third-order valence-corrected chi connectivity index (χ3v) is 1.82. The van der Waals surface area contributed by atoms with Gasteiger partial charge < -0.3 is 5.73 Å². The van der Waals surface area contributed by atoms with Crippen molar-refractivity contribution in [3.8, 4) is 0 Å². The Balaban J connectivity index is 2.88. The minimum absolute atomic E-state index is 0.146. The van der Waals surface area contributed by atoms with Gasteiger partial charge in [0.05, 0.1) is 0 Å². The summed E-state index contributed by atoms with van der Waals surface area (Å²) in [5.74, 6) is 0.730.